The van der Waals surface area contributed by atoms with E-state index >= 15 is 0 Å². The van der Waals surface area contributed by atoms with Crippen molar-refractivity contribution in [1.82, 2.24) is 10.3 Å². The Morgan fingerprint density at radius 3 is 2.89 bits per heavy atom. The third kappa shape index (κ3) is 5.04. The summed E-state index contributed by atoms with van der Waals surface area (Å²) in [6.07, 6.45) is 2.35. The molecular weight excluding hydrogens is 266 g/mol. The van der Waals surface area contributed by atoms with Gasteiger partial charge in [-0.2, -0.15) is 0 Å². The van der Waals surface area contributed by atoms with Crippen LogP contribution in [0.25, 0.3) is 0 Å². The summed E-state index contributed by atoms with van der Waals surface area (Å²) in [6, 6.07) is 2.80. The van der Waals surface area contributed by atoms with Crippen LogP contribution in [0.2, 0.25) is 5.15 Å². The highest BCUT2D eigenvalue weighted by atomic mass is 35.5. The molecule has 19 heavy (non-hydrogen) atoms. The van der Waals surface area contributed by atoms with E-state index in [1.807, 2.05) is 13.8 Å². The second-order valence-corrected chi connectivity index (χ2v) is 5.23. The van der Waals surface area contributed by atoms with Crippen LogP contribution in [0.5, 0.6) is 0 Å². The van der Waals surface area contributed by atoms with Crippen molar-refractivity contribution in [3.63, 3.8) is 0 Å². The van der Waals surface area contributed by atoms with Gasteiger partial charge in [-0.1, -0.05) is 31.9 Å². The molecule has 1 aromatic rings. The first-order valence-electron chi connectivity index (χ1n) is 6.24. The zero-order valence-corrected chi connectivity index (χ0v) is 12.2. The number of halogens is 1. The first-order chi connectivity index (χ1) is 8.85. The number of aliphatic hydroxyl groups is 1. The van der Waals surface area contributed by atoms with Crippen molar-refractivity contribution in [2.75, 3.05) is 11.9 Å². The van der Waals surface area contributed by atoms with Crippen LogP contribution in [0.15, 0.2) is 18.3 Å². The second-order valence-electron chi connectivity index (χ2n) is 4.84. The molecule has 0 spiro atoms. The molecule has 1 rings (SSSR count). The van der Waals surface area contributed by atoms with Crippen LogP contribution >= 0.6 is 11.6 Å². The average Bonchev–Trinajstić information content (AvgIpc) is 2.35. The molecule has 106 valence electrons. The number of urea groups is 1. The smallest absolute Gasteiger partial charge is 0.319 e. The van der Waals surface area contributed by atoms with Gasteiger partial charge in [-0.3, -0.25) is 0 Å². The van der Waals surface area contributed by atoms with E-state index in [2.05, 4.69) is 15.6 Å². The minimum atomic E-state index is -0.929. The molecule has 3 N–H and O–H groups in total. The molecule has 1 heterocycles. The number of pyridine rings is 1. The van der Waals surface area contributed by atoms with Crippen molar-refractivity contribution >= 4 is 23.3 Å². The summed E-state index contributed by atoms with van der Waals surface area (Å²) in [5.41, 5.74) is -0.372. The van der Waals surface area contributed by atoms with Crippen molar-refractivity contribution in [3.05, 3.63) is 23.5 Å². The molecular formula is C13H20ClN3O2. The molecule has 0 saturated carbocycles. The zero-order valence-electron chi connectivity index (χ0n) is 11.4. The fraction of sp³-hybridized carbons (Fsp3) is 0.538. The molecule has 0 aromatic carbocycles. The van der Waals surface area contributed by atoms with Gasteiger partial charge in [0.1, 0.15) is 5.15 Å². The lowest BCUT2D eigenvalue weighted by atomic mass is 9.89. The quantitative estimate of drug-likeness (QED) is 0.728. The summed E-state index contributed by atoms with van der Waals surface area (Å²) in [5.74, 6) is 0.100. The largest absolute Gasteiger partial charge is 0.388 e. The number of aromatic nitrogens is 1. The monoisotopic (exact) mass is 285 g/mol. The number of anilines is 1. The van der Waals surface area contributed by atoms with Crippen LogP contribution in [-0.2, 0) is 0 Å². The molecule has 0 aliphatic carbocycles. The predicted octanol–water partition coefficient (Wildman–Crippen LogP) is 2.65. The number of hydrogen-bond acceptors (Lipinski definition) is 3. The van der Waals surface area contributed by atoms with Crippen LogP contribution in [0.3, 0.4) is 0 Å². The summed E-state index contributed by atoms with van der Waals surface area (Å²) in [6.45, 7) is 5.85. The van der Waals surface area contributed by atoms with Crippen LogP contribution < -0.4 is 10.6 Å². The second kappa shape index (κ2) is 6.73. The molecule has 0 bridgehead atoms. The van der Waals surface area contributed by atoms with Gasteiger partial charge in [0.15, 0.2) is 0 Å². The third-order valence-corrected chi connectivity index (χ3v) is 3.47. The average molecular weight is 286 g/mol. The van der Waals surface area contributed by atoms with E-state index in [9.17, 15) is 9.90 Å². The van der Waals surface area contributed by atoms with Gasteiger partial charge in [-0.05, 0) is 25.0 Å². The van der Waals surface area contributed by atoms with Gasteiger partial charge in [-0.25, -0.2) is 9.78 Å². The fourth-order valence-electron chi connectivity index (χ4n) is 1.53. The van der Waals surface area contributed by atoms with Gasteiger partial charge in [0, 0.05) is 18.4 Å². The van der Waals surface area contributed by atoms with E-state index in [0.29, 0.717) is 10.8 Å². The SMILES string of the molecule is CCC(C)C(C)(O)CNC(=O)Nc1ccnc(Cl)c1. The van der Waals surface area contributed by atoms with E-state index in [4.69, 9.17) is 11.6 Å². The van der Waals surface area contributed by atoms with Crippen molar-refractivity contribution < 1.29 is 9.90 Å². The van der Waals surface area contributed by atoms with E-state index in [1.165, 1.54) is 6.20 Å². The number of carbonyl (C=O) groups excluding carboxylic acids is 1. The first-order valence-corrected chi connectivity index (χ1v) is 6.61. The highest BCUT2D eigenvalue weighted by Crippen LogP contribution is 2.19. The lowest BCUT2D eigenvalue weighted by Gasteiger charge is -2.29. The van der Waals surface area contributed by atoms with Crippen LogP contribution in [-0.4, -0.2) is 28.3 Å². The van der Waals surface area contributed by atoms with Crippen molar-refractivity contribution in [1.29, 1.82) is 0 Å². The Morgan fingerprint density at radius 1 is 1.63 bits per heavy atom. The maximum atomic E-state index is 11.7. The summed E-state index contributed by atoms with van der Waals surface area (Å²) in [4.78, 5) is 15.5. The standard InChI is InChI=1S/C13H20ClN3O2/c1-4-9(2)13(3,19)8-16-12(18)17-10-5-6-15-11(14)7-10/h5-7,9,19H,4,8H2,1-3H3,(H2,15,16,17,18). The van der Waals surface area contributed by atoms with E-state index in [0.717, 1.165) is 6.42 Å². The van der Waals surface area contributed by atoms with Crippen LogP contribution in [0.4, 0.5) is 10.5 Å². The first kappa shape index (κ1) is 15.7. The van der Waals surface area contributed by atoms with Crippen molar-refractivity contribution in [2.24, 2.45) is 5.92 Å². The summed E-state index contributed by atoms with van der Waals surface area (Å²) in [7, 11) is 0. The maximum Gasteiger partial charge on any atom is 0.319 e. The molecule has 0 radical (unpaired) electrons. The van der Waals surface area contributed by atoms with E-state index in [-0.39, 0.29) is 18.5 Å². The van der Waals surface area contributed by atoms with E-state index < -0.39 is 5.60 Å². The highest BCUT2D eigenvalue weighted by molar-refractivity contribution is 6.29. The Morgan fingerprint density at radius 2 is 2.32 bits per heavy atom. The normalized spacial score (nSPS) is 15.4. The minimum absolute atomic E-state index is 0.100. The third-order valence-electron chi connectivity index (χ3n) is 3.27. The molecule has 0 saturated heterocycles. The number of nitrogens with zero attached hydrogens (tertiary/aromatic N) is 1. The molecule has 2 atom stereocenters. The Kier molecular flexibility index (Phi) is 5.57. The summed E-state index contributed by atoms with van der Waals surface area (Å²) < 4.78 is 0. The maximum absolute atomic E-state index is 11.7. The molecule has 2 unspecified atom stereocenters. The van der Waals surface area contributed by atoms with Crippen molar-refractivity contribution in [3.8, 4) is 0 Å². The van der Waals surface area contributed by atoms with Gasteiger partial charge in [0.25, 0.3) is 0 Å². The number of nitrogens with one attached hydrogen (secondary N) is 2. The minimum Gasteiger partial charge on any atom is -0.388 e. The van der Waals surface area contributed by atoms with Gasteiger partial charge in [0.2, 0.25) is 0 Å². The van der Waals surface area contributed by atoms with Gasteiger partial charge in [0.05, 0.1) is 5.60 Å². The Balaban J connectivity index is 2.48. The van der Waals surface area contributed by atoms with Crippen LogP contribution in [0, 0.1) is 5.92 Å². The summed E-state index contributed by atoms with van der Waals surface area (Å²) >= 11 is 5.72. The van der Waals surface area contributed by atoms with Gasteiger partial charge < -0.3 is 15.7 Å². The Labute approximate surface area is 118 Å². The molecule has 6 heteroatoms. The number of amides is 2. The topological polar surface area (TPSA) is 74.2 Å². The molecule has 0 aliphatic rings. The highest BCUT2D eigenvalue weighted by Gasteiger charge is 2.27. The number of hydrogen-bond donors (Lipinski definition) is 3. The lowest BCUT2D eigenvalue weighted by Crippen LogP contribution is -2.46. The van der Waals surface area contributed by atoms with Crippen molar-refractivity contribution in [2.45, 2.75) is 32.8 Å². The molecule has 5 nitrogen and oxygen atoms in total. The zero-order chi connectivity index (χ0) is 14.5. The Hall–Kier alpha value is -1.33. The van der Waals surface area contributed by atoms with Gasteiger partial charge >= 0.3 is 6.03 Å². The fourth-order valence-corrected chi connectivity index (χ4v) is 1.70. The van der Waals surface area contributed by atoms with E-state index in [1.54, 1.807) is 19.1 Å². The molecule has 2 amide bonds. The number of carbonyl (C=O) groups is 1. The lowest BCUT2D eigenvalue weighted by molar-refractivity contribution is 0.00827. The summed E-state index contributed by atoms with van der Waals surface area (Å²) in [5, 5.41) is 15.7. The molecule has 0 aliphatic heterocycles. The Bertz CT molecular complexity index is 438. The molecule has 0 fully saturated rings. The number of rotatable bonds is 5. The predicted molar refractivity (Wildman–Crippen MR) is 76.3 cm³/mol. The van der Waals surface area contributed by atoms with Gasteiger partial charge in [-0.15, -0.1) is 0 Å². The molecule has 1 aromatic heterocycles. The van der Waals surface area contributed by atoms with Crippen LogP contribution in [0.1, 0.15) is 27.2 Å².